The Kier molecular flexibility index (Phi) is 3.77. The van der Waals surface area contributed by atoms with Gasteiger partial charge in [0.1, 0.15) is 0 Å². The van der Waals surface area contributed by atoms with Crippen molar-refractivity contribution in [3.8, 4) is 0 Å². The summed E-state index contributed by atoms with van der Waals surface area (Å²) in [5, 5.41) is 0.636. The van der Waals surface area contributed by atoms with Crippen molar-refractivity contribution < 1.29 is 9.63 Å². The predicted octanol–water partition coefficient (Wildman–Crippen LogP) is 1.32. The average Bonchev–Trinajstić information content (AvgIpc) is 2.57. The Morgan fingerprint density at radius 3 is 2.81 bits per heavy atom. The fourth-order valence-corrected chi connectivity index (χ4v) is 1.70. The lowest BCUT2D eigenvalue weighted by Gasteiger charge is -2.19. The van der Waals surface area contributed by atoms with Crippen LogP contribution in [0.3, 0.4) is 0 Å². The Morgan fingerprint density at radius 2 is 2.06 bits per heavy atom. The SMILES string of the molecule is O=C(c1ccc(Cl)cc1)N1CCNOCC1. The Morgan fingerprint density at radius 1 is 1.31 bits per heavy atom. The molecule has 1 aliphatic heterocycles. The summed E-state index contributed by atoms with van der Waals surface area (Å²) in [7, 11) is 0. The van der Waals surface area contributed by atoms with Gasteiger partial charge in [-0.3, -0.25) is 9.63 Å². The lowest BCUT2D eigenvalue weighted by molar-refractivity contribution is 0.0523. The Balaban J connectivity index is 2.08. The van der Waals surface area contributed by atoms with Crippen molar-refractivity contribution >= 4 is 17.5 Å². The Hall–Kier alpha value is -1.10. The first-order chi connectivity index (χ1) is 7.77. The number of rotatable bonds is 1. The van der Waals surface area contributed by atoms with E-state index in [9.17, 15) is 4.79 Å². The molecule has 0 saturated carbocycles. The number of hydrogen-bond donors (Lipinski definition) is 1. The zero-order valence-electron chi connectivity index (χ0n) is 8.78. The Bertz CT molecular complexity index is 359. The molecule has 86 valence electrons. The second kappa shape index (κ2) is 5.30. The molecule has 2 rings (SSSR count). The lowest BCUT2D eigenvalue weighted by atomic mass is 10.2. The molecule has 0 aliphatic carbocycles. The van der Waals surface area contributed by atoms with Gasteiger partial charge in [-0.15, -0.1) is 0 Å². The maximum atomic E-state index is 12.1. The van der Waals surface area contributed by atoms with Gasteiger partial charge in [-0.25, -0.2) is 5.48 Å². The highest BCUT2D eigenvalue weighted by Gasteiger charge is 2.16. The number of halogens is 1. The molecule has 1 N–H and O–H groups in total. The quantitative estimate of drug-likeness (QED) is 0.805. The first-order valence-corrected chi connectivity index (χ1v) is 5.54. The zero-order valence-corrected chi connectivity index (χ0v) is 9.54. The van der Waals surface area contributed by atoms with E-state index in [4.69, 9.17) is 16.4 Å². The molecule has 1 aliphatic rings. The van der Waals surface area contributed by atoms with Crippen molar-refractivity contribution in [1.82, 2.24) is 10.4 Å². The van der Waals surface area contributed by atoms with Crippen LogP contribution in [0.1, 0.15) is 10.4 Å². The van der Waals surface area contributed by atoms with Gasteiger partial charge in [0, 0.05) is 30.2 Å². The van der Waals surface area contributed by atoms with E-state index in [1.165, 1.54) is 0 Å². The molecule has 1 aromatic carbocycles. The second-order valence-corrected chi connectivity index (χ2v) is 3.98. The van der Waals surface area contributed by atoms with Gasteiger partial charge in [-0.2, -0.15) is 0 Å². The van der Waals surface area contributed by atoms with Crippen LogP contribution in [0.15, 0.2) is 24.3 Å². The molecular formula is C11H13ClN2O2. The van der Waals surface area contributed by atoms with Gasteiger partial charge in [-0.05, 0) is 24.3 Å². The number of hydroxylamine groups is 1. The molecule has 1 fully saturated rings. The number of carbonyl (C=O) groups excluding carboxylic acids is 1. The third-order valence-corrected chi connectivity index (χ3v) is 2.68. The molecule has 1 amide bonds. The minimum atomic E-state index is 0.0176. The molecule has 16 heavy (non-hydrogen) atoms. The van der Waals surface area contributed by atoms with Crippen LogP contribution < -0.4 is 5.48 Å². The summed E-state index contributed by atoms with van der Waals surface area (Å²) >= 11 is 5.77. The van der Waals surface area contributed by atoms with Crippen LogP contribution in [0.2, 0.25) is 5.02 Å². The van der Waals surface area contributed by atoms with Crippen LogP contribution in [0.5, 0.6) is 0 Å². The summed E-state index contributed by atoms with van der Waals surface area (Å²) in [6, 6.07) is 6.93. The summed E-state index contributed by atoms with van der Waals surface area (Å²) in [6.07, 6.45) is 0. The summed E-state index contributed by atoms with van der Waals surface area (Å²) in [5.41, 5.74) is 3.44. The normalized spacial score (nSPS) is 16.9. The molecule has 1 heterocycles. The van der Waals surface area contributed by atoms with Crippen LogP contribution in [0.25, 0.3) is 0 Å². The lowest BCUT2D eigenvalue weighted by Crippen LogP contribution is -2.34. The van der Waals surface area contributed by atoms with Crippen molar-refractivity contribution in [2.45, 2.75) is 0 Å². The van der Waals surface area contributed by atoms with E-state index in [0.717, 1.165) is 0 Å². The van der Waals surface area contributed by atoms with E-state index < -0.39 is 0 Å². The number of nitrogens with one attached hydrogen (secondary N) is 1. The van der Waals surface area contributed by atoms with Gasteiger partial charge in [0.25, 0.3) is 5.91 Å². The summed E-state index contributed by atoms with van der Waals surface area (Å²) in [4.78, 5) is 18.9. The predicted molar refractivity (Wildman–Crippen MR) is 61.3 cm³/mol. The highest BCUT2D eigenvalue weighted by atomic mass is 35.5. The third-order valence-electron chi connectivity index (χ3n) is 2.43. The van der Waals surface area contributed by atoms with Crippen molar-refractivity contribution in [2.24, 2.45) is 0 Å². The number of nitrogens with zero attached hydrogens (tertiary/aromatic N) is 1. The highest BCUT2D eigenvalue weighted by molar-refractivity contribution is 6.30. The Labute approximate surface area is 99.1 Å². The second-order valence-electron chi connectivity index (χ2n) is 3.54. The van der Waals surface area contributed by atoms with E-state index >= 15 is 0 Å². The molecule has 4 nitrogen and oxygen atoms in total. The number of benzene rings is 1. The van der Waals surface area contributed by atoms with E-state index in [-0.39, 0.29) is 5.91 Å². The minimum absolute atomic E-state index is 0.0176. The molecule has 1 saturated heterocycles. The summed E-state index contributed by atoms with van der Waals surface area (Å²) in [5.74, 6) is 0.0176. The fourth-order valence-electron chi connectivity index (χ4n) is 1.57. The molecule has 0 radical (unpaired) electrons. The molecule has 0 spiro atoms. The summed E-state index contributed by atoms with van der Waals surface area (Å²) in [6.45, 7) is 2.43. The van der Waals surface area contributed by atoms with Crippen LogP contribution in [-0.2, 0) is 4.84 Å². The van der Waals surface area contributed by atoms with Crippen LogP contribution in [0, 0.1) is 0 Å². The molecule has 0 aromatic heterocycles. The molecule has 0 bridgehead atoms. The number of carbonyl (C=O) groups is 1. The zero-order chi connectivity index (χ0) is 11.4. The first-order valence-electron chi connectivity index (χ1n) is 5.17. The number of hydrogen-bond acceptors (Lipinski definition) is 3. The average molecular weight is 241 g/mol. The van der Waals surface area contributed by atoms with Crippen LogP contribution in [0.4, 0.5) is 0 Å². The molecule has 0 atom stereocenters. The standard InChI is InChI=1S/C11H13ClN2O2/c12-10-3-1-9(2-4-10)11(15)14-6-5-13-16-8-7-14/h1-4,13H,5-8H2. The van der Waals surface area contributed by atoms with Gasteiger partial charge < -0.3 is 4.90 Å². The van der Waals surface area contributed by atoms with Crippen LogP contribution >= 0.6 is 11.6 Å². The fraction of sp³-hybridized carbons (Fsp3) is 0.364. The van der Waals surface area contributed by atoms with Gasteiger partial charge in [0.2, 0.25) is 0 Å². The van der Waals surface area contributed by atoms with E-state index in [2.05, 4.69) is 5.48 Å². The molecule has 0 unspecified atom stereocenters. The number of amides is 1. The van der Waals surface area contributed by atoms with E-state index in [0.29, 0.717) is 36.8 Å². The maximum absolute atomic E-state index is 12.1. The van der Waals surface area contributed by atoms with Crippen molar-refractivity contribution in [1.29, 1.82) is 0 Å². The maximum Gasteiger partial charge on any atom is 0.253 e. The topological polar surface area (TPSA) is 41.6 Å². The highest BCUT2D eigenvalue weighted by Crippen LogP contribution is 2.11. The van der Waals surface area contributed by atoms with Crippen molar-refractivity contribution in [3.63, 3.8) is 0 Å². The van der Waals surface area contributed by atoms with Gasteiger partial charge in [0.05, 0.1) is 6.61 Å². The first kappa shape index (κ1) is 11.4. The van der Waals surface area contributed by atoms with Gasteiger partial charge >= 0.3 is 0 Å². The molecule has 1 aromatic rings. The smallest absolute Gasteiger partial charge is 0.253 e. The van der Waals surface area contributed by atoms with Crippen LogP contribution in [-0.4, -0.2) is 37.0 Å². The van der Waals surface area contributed by atoms with Crippen molar-refractivity contribution in [3.05, 3.63) is 34.9 Å². The largest absolute Gasteiger partial charge is 0.335 e. The monoisotopic (exact) mass is 240 g/mol. The van der Waals surface area contributed by atoms with Gasteiger partial charge in [0.15, 0.2) is 0 Å². The molecule has 5 heteroatoms. The summed E-state index contributed by atoms with van der Waals surface area (Å²) < 4.78 is 0. The van der Waals surface area contributed by atoms with E-state index in [1.807, 2.05) is 0 Å². The molecular weight excluding hydrogens is 228 g/mol. The van der Waals surface area contributed by atoms with Gasteiger partial charge in [-0.1, -0.05) is 11.6 Å². The van der Waals surface area contributed by atoms with Crippen molar-refractivity contribution in [2.75, 3.05) is 26.2 Å². The minimum Gasteiger partial charge on any atom is -0.335 e. The van der Waals surface area contributed by atoms with E-state index in [1.54, 1.807) is 29.2 Å². The third kappa shape index (κ3) is 2.72.